The van der Waals surface area contributed by atoms with Gasteiger partial charge >= 0.3 is 5.97 Å². The molecule has 1 N–H and O–H groups in total. The van der Waals surface area contributed by atoms with Gasteiger partial charge in [0.1, 0.15) is 5.01 Å². The minimum atomic E-state index is -0.912. The highest BCUT2D eigenvalue weighted by Gasteiger charge is 2.06. The predicted molar refractivity (Wildman–Crippen MR) is 59.2 cm³/mol. The van der Waals surface area contributed by atoms with Crippen molar-refractivity contribution in [3.05, 3.63) is 40.9 Å². The number of aryl methyl sites for hydroxylation is 1. The first-order chi connectivity index (χ1) is 7.16. The molecule has 0 aliphatic heterocycles. The number of benzene rings is 1. The highest BCUT2D eigenvalue weighted by atomic mass is 32.1. The quantitative estimate of drug-likeness (QED) is 0.844. The molecule has 0 bridgehead atoms. The molecule has 76 valence electrons. The Morgan fingerprint density at radius 2 is 2.27 bits per heavy atom. The fourth-order valence-corrected chi connectivity index (χ4v) is 2.03. The molecule has 1 aromatic carbocycles. The molecule has 0 saturated heterocycles. The Morgan fingerprint density at radius 3 is 2.87 bits per heavy atom. The maximum atomic E-state index is 10.8. The van der Waals surface area contributed by atoms with Crippen LogP contribution in [0.25, 0.3) is 10.6 Å². The standard InChI is InChI=1S/C11H9NO2S/c1-7-6-12-10(15-7)8-3-2-4-9(5-8)11(13)14/h2-6H,1H3,(H,13,14). The summed E-state index contributed by atoms with van der Waals surface area (Å²) in [5, 5.41) is 9.70. The number of hydrogen-bond donors (Lipinski definition) is 1. The zero-order valence-corrected chi connectivity index (χ0v) is 8.91. The third-order valence-corrected chi connectivity index (χ3v) is 2.94. The third kappa shape index (κ3) is 2.05. The molecule has 15 heavy (non-hydrogen) atoms. The molecule has 1 aromatic heterocycles. The minimum Gasteiger partial charge on any atom is -0.478 e. The fraction of sp³-hybridized carbons (Fsp3) is 0.0909. The van der Waals surface area contributed by atoms with Crippen molar-refractivity contribution >= 4 is 17.3 Å². The van der Waals surface area contributed by atoms with Gasteiger partial charge in [0, 0.05) is 16.6 Å². The van der Waals surface area contributed by atoms with Crippen LogP contribution in [0, 0.1) is 6.92 Å². The molecule has 1 heterocycles. The topological polar surface area (TPSA) is 50.2 Å². The van der Waals surface area contributed by atoms with Crippen molar-refractivity contribution < 1.29 is 9.90 Å². The van der Waals surface area contributed by atoms with Crippen LogP contribution in [0.1, 0.15) is 15.2 Å². The molecule has 0 aliphatic rings. The van der Waals surface area contributed by atoms with Crippen molar-refractivity contribution in [2.45, 2.75) is 6.92 Å². The van der Waals surface area contributed by atoms with Crippen LogP contribution in [-0.4, -0.2) is 16.1 Å². The first-order valence-electron chi connectivity index (χ1n) is 4.43. The number of thiazole rings is 1. The van der Waals surface area contributed by atoms with Crippen molar-refractivity contribution in [1.29, 1.82) is 0 Å². The van der Waals surface area contributed by atoms with Crippen LogP contribution in [0.5, 0.6) is 0 Å². The second-order valence-electron chi connectivity index (χ2n) is 3.16. The zero-order chi connectivity index (χ0) is 10.8. The molecule has 0 saturated carbocycles. The molecule has 0 unspecified atom stereocenters. The lowest BCUT2D eigenvalue weighted by Gasteiger charge is -1.97. The van der Waals surface area contributed by atoms with Gasteiger partial charge in [0.15, 0.2) is 0 Å². The average Bonchev–Trinajstić information content (AvgIpc) is 2.65. The number of hydrogen-bond acceptors (Lipinski definition) is 3. The lowest BCUT2D eigenvalue weighted by Crippen LogP contribution is -1.95. The number of aromatic nitrogens is 1. The first kappa shape index (κ1) is 9.86. The third-order valence-electron chi connectivity index (χ3n) is 1.98. The second-order valence-corrected chi connectivity index (χ2v) is 4.40. The summed E-state index contributed by atoms with van der Waals surface area (Å²) in [5.41, 5.74) is 1.15. The summed E-state index contributed by atoms with van der Waals surface area (Å²) in [6, 6.07) is 6.81. The smallest absolute Gasteiger partial charge is 0.335 e. The van der Waals surface area contributed by atoms with Gasteiger partial charge in [0.2, 0.25) is 0 Å². The summed E-state index contributed by atoms with van der Waals surface area (Å²) in [4.78, 5) is 16.1. The molecule has 2 aromatic rings. The number of rotatable bonds is 2. The van der Waals surface area contributed by atoms with Gasteiger partial charge in [-0.15, -0.1) is 11.3 Å². The monoisotopic (exact) mass is 219 g/mol. The van der Waals surface area contributed by atoms with Crippen molar-refractivity contribution in [3.8, 4) is 10.6 Å². The van der Waals surface area contributed by atoms with Gasteiger partial charge in [-0.3, -0.25) is 0 Å². The minimum absolute atomic E-state index is 0.292. The lowest BCUT2D eigenvalue weighted by molar-refractivity contribution is 0.0697. The van der Waals surface area contributed by atoms with Gasteiger partial charge in [0.05, 0.1) is 5.56 Å². The van der Waals surface area contributed by atoms with Gasteiger partial charge in [-0.05, 0) is 19.1 Å². The predicted octanol–water partition coefficient (Wildman–Crippen LogP) is 2.82. The fourth-order valence-electron chi connectivity index (χ4n) is 1.27. The van der Waals surface area contributed by atoms with E-state index in [4.69, 9.17) is 5.11 Å². The summed E-state index contributed by atoms with van der Waals surface area (Å²) in [6.45, 7) is 1.97. The summed E-state index contributed by atoms with van der Waals surface area (Å²) in [5.74, 6) is -0.912. The number of aromatic carboxylic acids is 1. The second kappa shape index (κ2) is 3.82. The maximum Gasteiger partial charge on any atom is 0.335 e. The molecule has 0 fully saturated rings. The van der Waals surface area contributed by atoms with E-state index >= 15 is 0 Å². The van der Waals surface area contributed by atoms with Gasteiger partial charge < -0.3 is 5.11 Å². The number of nitrogens with zero attached hydrogens (tertiary/aromatic N) is 1. The van der Waals surface area contributed by atoms with Gasteiger partial charge in [0.25, 0.3) is 0 Å². The molecule has 4 heteroatoms. The van der Waals surface area contributed by atoms with Crippen LogP contribution in [0.3, 0.4) is 0 Å². The van der Waals surface area contributed by atoms with Crippen molar-refractivity contribution in [3.63, 3.8) is 0 Å². The Bertz CT molecular complexity index is 505. The van der Waals surface area contributed by atoms with Crippen LogP contribution in [0.15, 0.2) is 30.5 Å². The Kier molecular flexibility index (Phi) is 2.51. The summed E-state index contributed by atoms with van der Waals surface area (Å²) >= 11 is 1.56. The van der Waals surface area contributed by atoms with E-state index in [-0.39, 0.29) is 0 Å². The van der Waals surface area contributed by atoms with E-state index < -0.39 is 5.97 Å². The van der Waals surface area contributed by atoms with E-state index in [0.29, 0.717) is 5.56 Å². The maximum absolute atomic E-state index is 10.8. The van der Waals surface area contributed by atoms with Crippen molar-refractivity contribution in [2.24, 2.45) is 0 Å². The van der Waals surface area contributed by atoms with Crippen LogP contribution < -0.4 is 0 Å². The molecule has 0 radical (unpaired) electrons. The summed E-state index contributed by atoms with van der Waals surface area (Å²) in [7, 11) is 0. The van der Waals surface area contributed by atoms with E-state index in [1.54, 1.807) is 35.7 Å². The number of carboxylic acids is 1. The molecule has 3 nitrogen and oxygen atoms in total. The molecule has 0 spiro atoms. The van der Waals surface area contributed by atoms with Gasteiger partial charge in [-0.25, -0.2) is 9.78 Å². The Morgan fingerprint density at radius 1 is 1.47 bits per heavy atom. The highest BCUT2D eigenvalue weighted by Crippen LogP contribution is 2.25. The number of carboxylic acid groups (broad SMARTS) is 1. The highest BCUT2D eigenvalue weighted by molar-refractivity contribution is 7.14. The normalized spacial score (nSPS) is 10.2. The summed E-state index contributed by atoms with van der Waals surface area (Å²) < 4.78 is 0. The van der Waals surface area contributed by atoms with E-state index in [2.05, 4.69) is 4.98 Å². The van der Waals surface area contributed by atoms with Crippen LogP contribution in [-0.2, 0) is 0 Å². The zero-order valence-electron chi connectivity index (χ0n) is 8.10. The van der Waals surface area contributed by atoms with Crippen LogP contribution >= 0.6 is 11.3 Å². The Balaban J connectivity index is 2.45. The lowest BCUT2D eigenvalue weighted by atomic mass is 10.1. The van der Waals surface area contributed by atoms with Crippen LogP contribution in [0.4, 0.5) is 0 Å². The van der Waals surface area contributed by atoms with Gasteiger partial charge in [-0.2, -0.15) is 0 Å². The molecule has 0 atom stereocenters. The van der Waals surface area contributed by atoms with E-state index in [0.717, 1.165) is 15.4 Å². The van der Waals surface area contributed by atoms with E-state index in [1.807, 2.05) is 13.0 Å². The van der Waals surface area contributed by atoms with Crippen molar-refractivity contribution in [2.75, 3.05) is 0 Å². The Labute approximate surface area is 91.0 Å². The number of carbonyl (C=O) groups is 1. The molecule has 0 amide bonds. The molecular weight excluding hydrogens is 210 g/mol. The molecule has 2 rings (SSSR count). The summed E-state index contributed by atoms with van der Waals surface area (Å²) in [6.07, 6.45) is 1.79. The SMILES string of the molecule is Cc1cnc(-c2cccc(C(=O)O)c2)s1. The first-order valence-corrected chi connectivity index (χ1v) is 5.24. The molecular formula is C11H9NO2S. The molecule has 0 aliphatic carbocycles. The van der Waals surface area contributed by atoms with E-state index in [1.165, 1.54) is 0 Å². The Hall–Kier alpha value is -1.68. The largest absolute Gasteiger partial charge is 0.478 e. The van der Waals surface area contributed by atoms with Gasteiger partial charge in [-0.1, -0.05) is 12.1 Å². The average molecular weight is 219 g/mol. The van der Waals surface area contributed by atoms with Crippen LogP contribution in [0.2, 0.25) is 0 Å². The van der Waals surface area contributed by atoms with Crippen molar-refractivity contribution in [1.82, 2.24) is 4.98 Å². The van der Waals surface area contributed by atoms with E-state index in [9.17, 15) is 4.79 Å².